The van der Waals surface area contributed by atoms with Crippen molar-refractivity contribution in [3.05, 3.63) is 16.4 Å². The molecule has 0 aliphatic carbocycles. The number of nitrogens with zero attached hydrogens (tertiary/aromatic N) is 3. The molecule has 0 aromatic carbocycles. The Morgan fingerprint density at radius 2 is 2.13 bits per heavy atom. The number of rotatable bonds is 3. The van der Waals surface area contributed by atoms with E-state index in [0.29, 0.717) is 20.7 Å². The number of hydrogen-bond donors (Lipinski definition) is 0. The summed E-state index contributed by atoms with van der Waals surface area (Å²) in [6.07, 6.45) is 0. The molecule has 8 heteroatoms. The van der Waals surface area contributed by atoms with Crippen molar-refractivity contribution in [2.75, 3.05) is 7.05 Å². The number of aromatic nitrogens is 2. The smallest absolute Gasteiger partial charge is 0.256 e. The first-order chi connectivity index (χ1) is 6.73. The van der Waals surface area contributed by atoms with Crippen LogP contribution in [0, 0.1) is 6.92 Å². The van der Waals surface area contributed by atoms with Crippen LogP contribution in [0.25, 0.3) is 0 Å². The molecule has 0 saturated heterocycles. The van der Waals surface area contributed by atoms with Crippen LogP contribution >= 0.6 is 11.6 Å². The molecule has 5 nitrogen and oxygen atoms in total. The molecule has 1 aromatic rings. The van der Waals surface area contributed by atoms with Crippen molar-refractivity contribution in [3.63, 3.8) is 0 Å². The van der Waals surface area contributed by atoms with Gasteiger partial charge in [-0.15, -0.1) is 0 Å². The van der Waals surface area contributed by atoms with E-state index in [-0.39, 0.29) is 6.54 Å². The maximum absolute atomic E-state index is 12.6. The molecule has 0 spiro atoms. The van der Waals surface area contributed by atoms with Gasteiger partial charge in [-0.1, -0.05) is 15.5 Å². The van der Waals surface area contributed by atoms with Crippen LogP contribution in [0.4, 0.5) is 3.89 Å². The first-order valence-corrected chi connectivity index (χ1v) is 5.79. The second kappa shape index (κ2) is 4.07. The molecule has 1 heterocycles. The van der Waals surface area contributed by atoms with Gasteiger partial charge < -0.3 is 0 Å². The van der Waals surface area contributed by atoms with E-state index in [1.165, 1.54) is 4.68 Å². The summed E-state index contributed by atoms with van der Waals surface area (Å²) in [7, 11) is -1.92. The molecule has 1 rings (SSSR count). The van der Waals surface area contributed by atoms with Crippen molar-refractivity contribution in [1.29, 1.82) is 0 Å². The van der Waals surface area contributed by atoms with Gasteiger partial charge in [0.2, 0.25) is 0 Å². The molecule has 0 atom stereocenters. The molecule has 15 heavy (non-hydrogen) atoms. The van der Waals surface area contributed by atoms with E-state index in [9.17, 15) is 12.3 Å². The Morgan fingerprint density at radius 1 is 1.60 bits per heavy atom. The van der Waals surface area contributed by atoms with Crippen LogP contribution < -0.4 is 0 Å². The van der Waals surface area contributed by atoms with Crippen molar-refractivity contribution in [1.82, 2.24) is 14.1 Å². The molecule has 86 valence electrons. The van der Waals surface area contributed by atoms with Gasteiger partial charge in [0, 0.05) is 26.2 Å². The van der Waals surface area contributed by atoms with E-state index in [2.05, 4.69) is 5.10 Å². The minimum absolute atomic E-state index is 0.128. The lowest BCUT2D eigenvalue weighted by molar-refractivity contribution is 0.429. The average Bonchev–Trinajstić information content (AvgIpc) is 2.30. The molecule has 0 radical (unpaired) electrons. The van der Waals surface area contributed by atoms with Crippen LogP contribution in [-0.2, 0) is 24.0 Å². The van der Waals surface area contributed by atoms with Crippen LogP contribution in [0.1, 0.15) is 11.3 Å². The molecule has 0 aliphatic rings. The van der Waals surface area contributed by atoms with Crippen LogP contribution in [0.2, 0.25) is 5.15 Å². The van der Waals surface area contributed by atoms with Crippen molar-refractivity contribution < 1.29 is 12.3 Å². The Balaban J connectivity index is 3.00. The monoisotopic (exact) mass is 255 g/mol. The average molecular weight is 256 g/mol. The first kappa shape index (κ1) is 12.4. The quantitative estimate of drug-likeness (QED) is 0.758. The van der Waals surface area contributed by atoms with Gasteiger partial charge in [-0.2, -0.15) is 17.8 Å². The fourth-order valence-corrected chi connectivity index (χ4v) is 1.67. The lowest BCUT2D eigenvalue weighted by Crippen LogP contribution is -2.22. The highest BCUT2D eigenvalue weighted by Gasteiger charge is 2.20. The zero-order valence-electron chi connectivity index (χ0n) is 8.53. The zero-order valence-corrected chi connectivity index (χ0v) is 10.1. The highest BCUT2D eigenvalue weighted by molar-refractivity contribution is 7.83. The molecule has 0 aliphatic heterocycles. The lowest BCUT2D eigenvalue weighted by atomic mass is 10.3. The minimum Gasteiger partial charge on any atom is -0.256 e. The van der Waals surface area contributed by atoms with E-state index in [4.69, 9.17) is 11.6 Å². The molecule has 1 aromatic heterocycles. The van der Waals surface area contributed by atoms with Gasteiger partial charge in [0.25, 0.3) is 0 Å². The van der Waals surface area contributed by atoms with Crippen molar-refractivity contribution in [3.8, 4) is 0 Å². The summed E-state index contributed by atoms with van der Waals surface area (Å²) in [4.78, 5) is 0. The second-order valence-corrected chi connectivity index (χ2v) is 4.98. The summed E-state index contributed by atoms with van der Waals surface area (Å²) in [6, 6.07) is 0. The summed E-state index contributed by atoms with van der Waals surface area (Å²) in [5.41, 5.74) is 1.08. The van der Waals surface area contributed by atoms with Gasteiger partial charge in [-0.25, -0.2) is 0 Å². The van der Waals surface area contributed by atoms with Crippen molar-refractivity contribution in [2.24, 2.45) is 7.05 Å². The van der Waals surface area contributed by atoms with E-state index < -0.39 is 10.4 Å². The summed E-state index contributed by atoms with van der Waals surface area (Å²) in [5, 5.41) is 4.29. The van der Waals surface area contributed by atoms with Gasteiger partial charge in [-0.05, 0) is 6.92 Å². The standard InChI is InChI=1S/C7H11ClFN3O2S/c1-5-6(7(8)12(3)10-5)4-11(2)15(9,13)14/h4H2,1-3H3. The van der Waals surface area contributed by atoms with E-state index in [0.717, 1.165) is 7.05 Å². The normalized spacial score (nSPS) is 12.4. The maximum atomic E-state index is 12.6. The van der Waals surface area contributed by atoms with E-state index >= 15 is 0 Å². The number of hydrogen-bond acceptors (Lipinski definition) is 3. The molecular weight excluding hydrogens is 245 g/mol. The van der Waals surface area contributed by atoms with Crippen LogP contribution in [-0.4, -0.2) is 29.6 Å². The van der Waals surface area contributed by atoms with Gasteiger partial charge in [0.1, 0.15) is 5.15 Å². The Bertz CT molecular complexity index is 471. The minimum atomic E-state index is -4.69. The molecule has 0 saturated carbocycles. The Kier molecular flexibility index (Phi) is 3.37. The Morgan fingerprint density at radius 3 is 2.47 bits per heavy atom. The molecule has 0 N–H and O–H groups in total. The molecule has 0 fully saturated rings. The SMILES string of the molecule is Cc1nn(C)c(Cl)c1CN(C)S(=O)(=O)F. The summed E-state index contributed by atoms with van der Waals surface area (Å²) in [5.74, 6) is 0. The fraction of sp³-hybridized carbons (Fsp3) is 0.571. The molecule has 0 unspecified atom stereocenters. The number of halogens is 2. The molecule has 0 amide bonds. The van der Waals surface area contributed by atoms with Crippen LogP contribution in [0.15, 0.2) is 0 Å². The van der Waals surface area contributed by atoms with Crippen molar-refractivity contribution in [2.45, 2.75) is 13.5 Å². The third kappa shape index (κ3) is 2.67. The van der Waals surface area contributed by atoms with Gasteiger partial charge >= 0.3 is 10.4 Å². The summed E-state index contributed by atoms with van der Waals surface area (Å²) >= 11 is 5.86. The third-order valence-corrected chi connectivity index (χ3v) is 3.37. The van der Waals surface area contributed by atoms with E-state index in [1.807, 2.05) is 0 Å². The molecular formula is C7H11ClFN3O2S. The van der Waals surface area contributed by atoms with Gasteiger partial charge in [0.05, 0.1) is 5.69 Å². The zero-order chi connectivity index (χ0) is 11.8. The third-order valence-electron chi connectivity index (χ3n) is 2.02. The Hall–Kier alpha value is -0.660. The summed E-state index contributed by atoms with van der Waals surface area (Å²) in [6.45, 7) is 1.55. The second-order valence-electron chi connectivity index (χ2n) is 3.18. The predicted octanol–water partition coefficient (Wildman–Crippen LogP) is 1.03. The van der Waals surface area contributed by atoms with Gasteiger partial charge in [-0.3, -0.25) is 4.68 Å². The maximum Gasteiger partial charge on any atom is 0.374 e. The Labute approximate surface area is 92.8 Å². The summed E-state index contributed by atoms with van der Waals surface area (Å²) < 4.78 is 35.7. The topological polar surface area (TPSA) is 55.2 Å². The van der Waals surface area contributed by atoms with Crippen LogP contribution in [0.3, 0.4) is 0 Å². The van der Waals surface area contributed by atoms with Crippen LogP contribution in [0.5, 0.6) is 0 Å². The van der Waals surface area contributed by atoms with Gasteiger partial charge in [0.15, 0.2) is 0 Å². The predicted molar refractivity (Wildman–Crippen MR) is 54.4 cm³/mol. The van der Waals surface area contributed by atoms with E-state index in [1.54, 1.807) is 14.0 Å². The highest BCUT2D eigenvalue weighted by Crippen LogP contribution is 2.21. The fourth-order valence-electron chi connectivity index (χ4n) is 1.15. The highest BCUT2D eigenvalue weighted by atomic mass is 35.5. The number of aryl methyl sites for hydroxylation is 2. The molecule has 0 bridgehead atoms. The van der Waals surface area contributed by atoms with Crippen molar-refractivity contribution >= 4 is 22.0 Å². The largest absolute Gasteiger partial charge is 0.374 e. The lowest BCUT2D eigenvalue weighted by Gasteiger charge is -2.10. The first-order valence-electron chi connectivity index (χ1n) is 4.07.